The fourth-order valence-corrected chi connectivity index (χ4v) is 2.97. The van der Waals surface area contributed by atoms with Gasteiger partial charge in [-0.25, -0.2) is 0 Å². The molecule has 0 saturated heterocycles. The number of hydrogen-bond acceptors (Lipinski definition) is 2. The highest BCUT2D eigenvalue weighted by Crippen LogP contribution is 2.25. The Labute approximate surface area is 136 Å². The second-order valence-electron chi connectivity index (χ2n) is 5.77. The normalized spacial score (nSPS) is 12.6. The number of pyridine rings is 1. The summed E-state index contributed by atoms with van der Waals surface area (Å²) in [4.78, 5) is 4.30. The van der Waals surface area contributed by atoms with Gasteiger partial charge in [-0.1, -0.05) is 45.0 Å². The number of benzene rings is 1. The van der Waals surface area contributed by atoms with Gasteiger partial charge in [0.15, 0.2) is 0 Å². The molecule has 112 valence electrons. The van der Waals surface area contributed by atoms with Crippen molar-refractivity contribution in [3.05, 3.63) is 63.9 Å². The monoisotopic (exact) mass is 346 g/mol. The van der Waals surface area contributed by atoms with Gasteiger partial charge in [-0.15, -0.1) is 0 Å². The molecule has 3 heteroatoms. The van der Waals surface area contributed by atoms with Crippen LogP contribution in [-0.2, 0) is 6.42 Å². The van der Waals surface area contributed by atoms with Crippen molar-refractivity contribution >= 4 is 15.9 Å². The van der Waals surface area contributed by atoms with E-state index in [1.54, 1.807) is 0 Å². The molecule has 0 radical (unpaired) electrons. The largest absolute Gasteiger partial charge is 0.306 e. The molecule has 0 saturated carbocycles. The lowest BCUT2D eigenvalue weighted by atomic mass is 9.95. The second-order valence-corrected chi connectivity index (χ2v) is 6.69. The van der Waals surface area contributed by atoms with Crippen LogP contribution in [-0.4, -0.2) is 11.5 Å². The minimum absolute atomic E-state index is 0.187. The Morgan fingerprint density at radius 3 is 2.62 bits per heavy atom. The molecule has 1 unspecified atom stereocenters. The number of nitrogens with one attached hydrogen (secondary N) is 1. The van der Waals surface area contributed by atoms with Crippen LogP contribution in [0.1, 0.15) is 43.5 Å². The van der Waals surface area contributed by atoms with Crippen LogP contribution in [0.2, 0.25) is 0 Å². The Bertz CT molecular complexity index is 581. The van der Waals surface area contributed by atoms with Crippen molar-refractivity contribution in [2.75, 3.05) is 6.54 Å². The molecule has 0 aliphatic carbocycles. The van der Waals surface area contributed by atoms with Crippen molar-refractivity contribution in [3.63, 3.8) is 0 Å². The number of nitrogens with zero attached hydrogens (tertiary/aromatic N) is 1. The molecule has 2 nitrogen and oxygen atoms in total. The van der Waals surface area contributed by atoms with E-state index in [0.29, 0.717) is 5.92 Å². The van der Waals surface area contributed by atoms with E-state index in [-0.39, 0.29) is 6.04 Å². The summed E-state index contributed by atoms with van der Waals surface area (Å²) in [6, 6.07) is 11.2. The molecule has 1 aromatic heterocycles. The van der Waals surface area contributed by atoms with Crippen LogP contribution in [0.15, 0.2) is 47.2 Å². The SMILES string of the molecule is CCNC(c1cncc(Br)c1)c1cccc(CC(C)C)c1. The first-order valence-electron chi connectivity index (χ1n) is 7.52. The lowest BCUT2D eigenvalue weighted by Crippen LogP contribution is -2.22. The first kappa shape index (κ1) is 16.2. The molecular weight excluding hydrogens is 324 g/mol. The maximum absolute atomic E-state index is 4.30. The molecule has 0 fully saturated rings. The van der Waals surface area contributed by atoms with E-state index in [2.05, 4.69) is 77.3 Å². The van der Waals surface area contributed by atoms with Gasteiger partial charge < -0.3 is 5.32 Å². The number of rotatable bonds is 6. The molecule has 1 atom stereocenters. The fraction of sp³-hybridized carbons (Fsp3) is 0.389. The summed E-state index contributed by atoms with van der Waals surface area (Å²) in [5.74, 6) is 0.672. The molecule has 2 rings (SSSR count). The third-order valence-electron chi connectivity index (χ3n) is 3.40. The standard InChI is InChI=1S/C18H23BrN2/c1-4-21-18(16-10-17(19)12-20-11-16)15-7-5-6-14(9-15)8-13(2)3/h5-7,9-13,18,21H,4,8H2,1-3H3. The van der Waals surface area contributed by atoms with Crippen molar-refractivity contribution < 1.29 is 0 Å². The summed E-state index contributed by atoms with van der Waals surface area (Å²) in [7, 11) is 0. The predicted octanol–water partition coefficient (Wildman–Crippen LogP) is 4.74. The lowest BCUT2D eigenvalue weighted by molar-refractivity contribution is 0.621. The van der Waals surface area contributed by atoms with E-state index in [0.717, 1.165) is 17.4 Å². The van der Waals surface area contributed by atoms with Crippen molar-refractivity contribution in [1.82, 2.24) is 10.3 Å². The van der Waals surface area contributed by atoms with Crippen LogP contribution in [0.3, 0.4) is 0 Å². The van der Waals surface area contributed by atoms with Crippen molar-refractivity contribution in [2.24, 2.45) is 5.92 Å². The highest BCUT2D eigenvalue weighted by atomic mass is 79.9. The maximum atomic E-state index is 4.30. The molecular formula is C18H23BrN2. The Hall–Kier alpha value is -1.19. The summed E-state index contributed by atoms with van der Waals surface area (Å²) in [6.45, 7) is 7.57. The topological polar surface area (TPSA) is 24.9 Å². The third-order valence-corrected chi connectivity index (χ3v) is 3.83. The first-order chi connectivity index (χ1) is 10.1. The molecule has 1 heterocycles. The van der Waals surface area contributed by atoms with Gasteiger partial charge in [0, 0.05) is 16.9 Å². The van der Waals surface area contributed by atoms with Crippen LogP contribution in [0.25, 0.3) is 0 Å². The Morgan fingerprint density at radius 1 is 1.14 bits per heavy atom. The highest BCUT2D eigenvalue weighted by Gasteiger charge is 2.14. The molecule has 1 N–H and O–H groups in total. The zero-order valence-corrected chi connectivity index (χ0v) is 14.5. The van der Waals surface area contributed by atoms with Crippen molar-refractivity contribution in [1.29, 1.82) is 0 Å². The summed E-state index contributed by atoms with van der Waals surface area (Å²) >= 11 is 3.51. The van der Waals surface area contributed by atoms with E-state index < -0.39 is 0 Å². The van der Waals surface area contributed by atoms with E-state index in [9.17, 15) is 0 Å². The number of aromatic nitrogens is 1. The van der Waals surface area contributed by atoms with E-state index >= 15 is 0 Å². The zero-order valence-electron chi connectivity index (χ0n) is 12.9. The summed E-state index contributed by atoms with van der Waals surface area (Å²) in [5.41, 5.74) is 3.89. The van der Waals surface area contributed by atoms with Gasteiger partial charge in [-0.2, -0.15) is 0 Å². The highest BCUT2D eigenvalue weighted by molar-refractivity contribution is 9.10. The lowest BCUT2D eigenvalue weighted by Gasteiger charge is -2.20. The van der Waals surface area contributed by atoms with Gasteiger partial charge in [0.25, 0.3) is 0 Å². The fourth-order valence-electron chi connectivity index (χ4n) is 2.59. The minimum atomic E-state index is 0.187. The Balaban J connectivity index is 2.34. The zero-order chi connectivity index (χ0) is 15.2. The molecule has 0 spiro atoms. The van der Waals surface area contributed by atoms with Crippen LogP contribution < -0.4 is 5.32 Å². The average Bonchev–Trinajstić information content (AvgIpc) is 2.44. The third kappa shape index (κ3) is 4.65. The number of halogens is 1. The number of hydrogen-bond donors (Lipinski definition) is 1. The average molecular weight is 347 g/mol. The Kier molecular flexibility index (Phi) is 5.95. The van der Waals surface area contributed by atoms with Gasteiger partial charge in [0.05, 0.1) is 6.04 Å². The first-order valence-corrected chi connectivity index (χ1v) is 8.32. The van der Waals surface area contributed by atoms with E-state index in [1.807, 2.05) is 12.4 Å². The molecule has 1 aromatic carbocycles. The van der Waals surface area contributed by atoms with Crippen molar-refractivity contribution in [2.45, 2.75) is 33.2 Å². The molecule has 0 bridgehead atoms. The van der Waals surface area contributed by atoms with E-state index in [1.165, 1.54) is 16.7 Å². The van der Waals surface area contributed by atoms with Gasteiger partial charge >= 0.3 is 0 Å². The van der Waals surface area contributed by atoms with Crippen LogP contribution >= 0.6 is 15.9 Å². The molecule has 0 amide bonds. The molecule has 21 heavy (non-hydrogen) atoms. The minimum Gasteiger partial charge on any atom is -0.306 e. The van der Waals surface area contributed by atoms with Gasteiger partial charge in [0.1, 0.15) is 0 Å². The predicted molar refractivity (Wildman–Crippen MR) is 92.4 cm³/mol. The van der Waals surface area contributed by atoms with Crippen molar-refractivity contribution in [3.8, 4) is 0 Å². The van der Waals surface area contributed by atoms with Crippen LogP contribution in [0, 0.1) is 5.92 Å². The van der Waals surface area contributed by atoms with E-state index in [4.69, 9.17) is 0 Å². The quantitative estimate of drug-likeness (QED) is 0.816. The summed E-state index contributed by atoms with van der Waals surface area (Å²) in [6.07, 6.45) is 4.87. The van der Waals surface area contributed by atoms with Gasteiger partial charge in [-0.3, -0.25) is 4.98 Å². The summed E-state index contributed by atoms with van der Waals surface area (Å²) in [5, 5.41) is 3.56. The Morgan fingerprint density at radius 2 is 1.95 bits per heavy atom. The molecule has 0 aliphatic heterocycles. The van der Waals surface area contributed by atoms with Gasteiger partial charge in [0.2, 0.25) is 0 Å². The second kappa shape index (κ2) is 7.71. The summed E-state index contributed by atoms with van der Waals surface area (Å²) < 4.78 is 1.02. The molecule has 0 aliphatic rings. The smallest absolute Gasteiger partial charge is 0.0592 e. The molecule has 2 aromatic rings. The van der Waals surface area contributed by atoms with Gasteiger partial charge in [-0.05, 0) is 57.6 Å². The van der Waals surface area contributed by atoms with Crippen LogP contribution in [0.5, 0.6) is 0 Å². The van der Waals surface area contributed by atoms with Crippen LogP contribution in [0.4, 0.5) is 0 Å². The maximum Gasteiger partial charge on any atom is 0.0592 e.